The summed E-state index contributed by atoms with van der Waals surface area (Å²) in [6.45, 7) is 3.62. The van der Waals surface area contributed by atoms with Crippen LogP contribution in [0, 0.1) is 0 Å². The highest BCUT2D eigenvalue weighted by Crippen LogP contribution is 2.31. The smallest absolute Gasteiger partial charge is 0.335 e. The van der Waals surface area contributed by atoms with Crippen LogP contribution in [0.15, 0.2) is 48.9 Å². The van der Waals surface area contributed by atoms with Crippen molar-refractivity contribution in [2.45, 2.75) is 12.6 Å². The van der Waals surface area contributed by atoms with Crippen molar-refractivity contribution in [3.8, 4) is 0 Å². The van der Waals surface area contributed by atoms with Crippen molar-refractivity contribution >= 4 is 22.8 Å². The standard InChI is InChI=1S/C22H24N4O4/c1-24-14-18(17-5-4-16(21(27)28)11-19(17)24)20(22(29)30)26-9-7-25(8-10-26)13-15-3-2-6-23-12-15/h2-6,11-12,14,20H,7-10,13H2,1H3,(H,27,28)(H,29,30)/t20-/m1/s1. The van der Waals surface area contributed by atoms with E-state index in [1.807, 2.05) is 30.3 Å². The molecule has 2 N–H and O–H groups in total. The second kappa shape index (κ2) is 8.25. The van der Waals surface area contributed by atoms with Gasteiger partial charge in [-0.2, -0.15) is 0 Å². The topological polar surface area (TPSA) is 98.9 Å². The van der Waals surface area contributed by atoms with Gasteiger partial charge in [0.25, 0.3) is 0 Å². The maximum Gasteiger partial charge on any atom is 0.335 e. The van der Waals surface area contributed by atoms with Crippen LogP contribution in [-0.2, 0) is 18.4 Å². The Hall–Kier alpha value is -3.23. The van der Waals surface area contributed by atoms with Crippen molar-refractivity contribution < 1.29 is 19.8 Å². The lowest BCUT2D eigenvalue weighted by Gasteiger charge is -2.37. The number of carbonyl (C=O) groups is 2. The Bertz CT molecular complexity index is 1070. The van der Waals surface area contributed by atoms with Gasteiger partial charge in [0.2, 0.25) is 0 Å². The zero-order valence-electron chi connectivity index (χ0n) is 16.7. The van der Waals surface area contributed by atoms with E-state index in [1.54, 1.807) is 29.1 Å². The third-order valence-electron chi connectivity index (χ3n) is 5.70. The van der Waals surface area contributed by atoms with E-state index in [2.05, 4.69) is 9.88 Å². The Labute approximate surface area is 174 Å². The van der Waals surface area contributed by atoms with Crippen LogP contribution in [0.3, 0.4) is 0 Å². The molecular weight excluding hydrogens is 384 g/mol. The van der Waals surface area contributed by atoms with E-state index >= 15 is 0 Å². The molecule has 4 rings (SSSR count). The molecule has 0 bridgehead atoms. The Morgan fingerprint density at radius 3 is 2.53 bits per heavy atom. The van der Waals surface area contributed by atoms with Crippen LogP contribution in [0.4, 0.5) is 0 Å². The number of aromatic nitrogens is 2. The molecule has 156 valence electrons. The Morgan fingerprint density at radius 1 is 1.13 bits per heavy atom. The average molecular weight is 408 g/mol. The van der Waals surface area contributed by atoms with E-state index in [9.17, 15) is 19.8 Å². The number of aromatic carboxylic acids is 1. The number of carboxylic acids is 2. The highest BCUT2D eigenvalue weighted by atomic mass is 16.4. The summed E-state index contributed by atoms with van der Waals surface area (Å²) in [6, 6.07) is 8.02. The van der Waals surface area contributed by atoms with Gasteiger partial charge in [0.05, 0.1) is 5.56 Å². The fourth-order valence-electron chi connectivity index (χ4n) is 4.18. The first-order valence-corrected chi connectivity index (χ1v) is 9.84. The molecule has 8 nitrogen and oxygen atoms in total. The Kier molecular flexibility index (Phi) is 5.52. The van der Waals surface area contributed by atoms with Crippen molar-refractivity contribution in [3.05, 3.63) is 65.6 Å². The molecule has 1 aliphatic heterocycles. The average Bonchev–Trinajstić information content (AvgIpc) is 3.05. The van der Waals surface area contributed by atoms with Crippen LogP contribution >= 0.6 is 0 Å². The number of piperazine rings is 1. The molecule has 30 heavy (non-hydrogen) atoms. The van der Waals surface area contributed by atoms with Gasteiger partial charge in [0.1, 0.15) is 6.04 Å². The van der Waals surface area contributed by atoms with Gasteiger partial charge in [-0.05, 0) is 23.8 Å². The fraction of sp³-hybridized carbons (Fsp3) is 0.318. The Balaban J connectivity index is 1.55. The lowest BCUT2D eigenvalue weighted by atomic mass is 10.0. The Morgan fingerprint density at radius 2 is 1.90 bits per heavy atom. The normalized spacial score (nSPS) is 16.6. The molecule has 0 spiro atoms. The molecule has 0 amide bonds. The number of nitrogens with zero attached hydrogens (tertiary/aromatic N) is 4. The number of hydrogen-bond acceptors (Lipinski definition) is 5. The highest BCUT2D eigenvalue weighted by Gasteiger charge is 2.32. The molecule has 1 saturated heterocycles. The van der Waals surface area contributed by atoms with E-state index in [-0.39, 0.29) is 5.56 Å². The van der Waals surface area contributed by atoms with Crippen LogP contribution in [0.5, 0.6) is 0 Å². The molecule has 1 aliphatic rings. The summed E-state index contributed by atoms with van der Waals surface area (Å²) in [5.74, 6) is -1.90. The fourth-order valence-corrected chi connectivity index (χ4v) is 4.18. The number of aliphatic carboxylic acids is 1. The molecule has 1 fully saturated rings. The predicted octanol–water partition coefficient (Wildman–Crippen LogP) is 2.21. The molecule has 1 atom stereocenters. The minimum absolute atomic E-state index is 0.186. The summed E-state index contributed by atoms with van der Waals surface area (Å²) in [5.41, 5.74) is 2.74. The second-order valence-corrected chi connectivity index (χ2v) is 7.65. The van der Waals surface area contributed by atoms with Crippen molar-refractivity contribution in [2.24, 2.45) is 7.05 Å². The summed E-state index contributed by atoms with van der Waals surface area (Å²) in [5, 5.41) is 20.0. The highest BCUT2D eigenvalue weighted by molar-refractivity contribution is 5.96. The van der Waals surface area contributed by atoms with Gasteiger partial charge in [0, 0.05) is 74.8 Å². The number of pyridine rings is 1. The third-order valence-corrected chi connectivity index (χ3v) is 5.70. The van der Waals surface area contributed by atoms with Crippen molar-refractivity contribution in [2.75, 3.05) is 26.2 Å². The predicted molar refractivity (Wildman–Crippen MR) is 111 cm³/mol. The van der Waals surface area contributed by atoms with Gasteiger partial charge < -0.3 is 14.8 Å². The first kappa shape index (κ1) is 20.1. The first-order chi connectivity index (χ1) is 14.4. The van der Waals surface area contributed by atoms with Crippen LogP contribution in [-0.4, -0.2) is 67.7 Å². The maximum atomic E-state index is 12.2. The minimum atomic E-state index is -1.00. The van der Waals surface area contributed by atoms with Crippen molar-refractivity contribution in [1.29, 1.82) is 0 Å². The summed E-state index contributed by atoms with van der Waals surface area (Å²) >= 11 is 0. The van der Waals surface area contributed by atoms with E-state index in [4.69, 9.17) is 0 Å². The lowest BCUT2D eigenvalue weighted by molar-refractivity contribution is -0.144. The van der Waals surface area contributed by atoms with Crippen molar-refractivity contribution in [1.82, 2.24) is 19.4 Å². The molecule has 0 radical (unpaired) electrons. The van der Waals surface area contributed by atoms with E-state index in [0.29, 0.717) is 24.2 Å². The summed E-state index contributed by atoms with van der Waals surface area (Å²) < 4.78 is 1.80. The van der Waals surface area contributed by atoms with Gasteiger partial charge >= 0.3 is 11.9 Å². The minimum Gasteiger partial charge on any atom is -0.480 e. The van der Waals surface area contributed by atoms with Crippen molar-refractivity contribution in [3.63, 3.8) is 0 Å². The number of aryl methyl sites for hydroxylation is 1. The number of rotatable bonds is 6. The van der Waals surface area contributed by atoms with E-state index < -0.39 is 18.0 Å². The second-order valence-electron chi connectivity index (χ2n) is 7.65. The van der Waals surface area contributed by atoms with Crippen LogP contribution in [0.25, 0.3) is 10.9 Å². The largest absolute Gasteiger partial charge is 0.480 e. The molecule has 2 aromatic heterocycles. The number of hydrogen-bond donors (Lipinski definition) is 2. The van der Waals surface area contributed by atoms with E-state index in [1.165, 1.54) is 6.07 Å². The number of carboxylic acid groups (broad SMARTS) is 2. The third kappa shape index (κ3) is 3.92. The van der Waals surface area contributed by atoms with Crippen LogP contribution in [0.2, 0.25) is 0 Å². The first-order valence-electron chi connectivity index (χ1n) is 9.84. The maximum absolute atomic E-state index is 12.2. The molecule has 8 heteroatoms. The summed E-state index contributed by atoms with van der Waals surface area (Å²) in [4.78, 5) is 32.0. The molecule has 0 saturated carbocycles. The SMILES string of the molecule is Cn1cc([C@H](C(=O)O)N2CCN(Cc3cccnc3)CC2)c2ccc(C(=O)O)cc21. The number of fused-ring (bicyclic) bond motifs is 1. The van der Waals surface area contributed by atoms with E-state index in [0.717, 1.165) is 30.6 Å². The molecular formula is C22H24N4O4. The summed E-state index contributed by atoms with van der Waals surface area (Å²) in [6.07, 6.45) is 5.41. The zero-order chi connectivity index (χ0) is 21.3. The molecule has 1 aromatic carbocycles. The molecule has 0 aliphatic carbocycles. The van der Waals surface area contributed by atoms with Gasteiger partial charge in [-0.15, -0.1) is 0 Å². The van der Waals surface area contributed by atoms with Gasteiger partial charge in [0.15, 0.2) is 0 Å². The zero-order valence-corrected chi connectivity index (χ0v) is 16.7. The van der Waals surface area contributed by atoms with Gasteiger partial charge in [-0.25, -0.2) is 4.79 Å². The summed E-state index contributed by atoms with van der Waals surface area (Å²) in [7, 11) is 1.81. The molecule has 3 heterocycles. The molecule has 0 unspecified atom stereocenters. The van der Waals surface area contributed by atoms with Crippen LogP contribution in [0.1, 0.15) is 27.5 Å². The number of benzene rings is 1. The lowest BCUT2D eigenvalue weighted by Crippen LogP contribution is -2.48. The van der Waals surface area contributed by atoms with Gasteiger partial charge in [-0.1, -0.05) is 12.1 Å². The molecule has 3 aromatic rings. The quantitative estimate of drug-likeness (QED) is 0.645. The van der Waals surface area contributed by atoms with Crippen LogP contribution < -0.4 is 0 Å². The van der Waals surface area contributed by atoms with Gasteiger partial charge in [-0.3, -0.25) is 19.6 Å². The monoisotopic (exact) mass is 408 g/mol.